The number of aromatic amines is 2. The molecule has 2 aromatic heterocycles. The summed E-state index contributed by atoms with van der Waals surface area (Å²) >= 11 is 0. The normalized spacial score (nSPS) is 10.8. The van der Waals surface area contributed by atoms with Crippen molar-refractivity contribution in [3.05, 3.63) is 22.5 Å². The molecule has 0 saturated carbocycles. The number of rotatable bonds is 2. The van der Waals surface area contributed by atoms with Crippen LogP contribution in [0.3, 0.4) is 0 Å². The van der Waals surface area contributed by atoms with Crippen LogP contribution in [-0.2, 0) is 6.42 Å². The van der Waals surface area contributed by atoms with Crippen molar-refractivity contribution in [3.8, 4) is 0 Å². The Morgan fingerprint density at radius 3 is 3.15 bits per heavy atom. The highest BCUT2D eigenvalue weighted by molar-refractivity contribution is 5.67. The molecule has 0 bridgehead atoms. The molecule has 0 atom stereocenters. The third-order valence-corrected chi connectivity index (χ3v) is 1.73. The number of hydrogen-bond donors (Lipinski definition) is 3. The fourth-order valence-corrected chi connectivity index (χ4v) is 1.14. The minimum atomic E-state index is -0.203. The topological polar surface area (TPSA) is 100 Å². The monoisotopic (exact) mass is 179 g/mol. The predicted molar refractivity (Wildman–Crippen MR) is 47.3 cm³/mol. The van der Waals surface area contributed by atoms with E-state index in [4.69, 9.17) is 5.73 Å². The van der Waals surface area contributed by atoms with Gasteiger partial charge in [0.05, 0.1) is 6.33 Å². The summed E-state index contributed by atoms with van der Waals surface area (Å²) in [6, 6.07) is 0. The van der Waals surface area contributed by atoms with Gasteiger partial charge in [-0.15, -0.1) is 0 Å². The first-order chi connectivity index (χ1) is 6.31. The van der Waals surface area contributed by atoms with Crippen molar-refractivity contribution in [1.82, 2.24) is 19.9 Å². The predicted octanol–water partition coefficient (Wildman–Crippen LogP) is -0.853. The van der Waals surface area contributed by atoms with Gasteiger partial charge >= 0.3 is 0 Å². The minimum Gasteiger partial charge on any atom is -0.339 e. The summed E-state index contributed by atoms with van der Waals surface area (Å²) in [5.74, 6) is 0.576. The Morgan fingerprint density at radius 1 is 1.54 bits per heavy atom. The lowest BCUT2D eigenvalue weighted by molar-refractivity contribution is 0.867. The van der Waals surface area contributed by atoms with Gasteiger partial charge < -0.3 is 15.7 Å². The number of nitrogens with one attached hydrogen (secondary N) is 2. The Balaban J connectivity index is 2.63. The number of fused-ring (bicyclic) bond motifs is 1. The maximum Gasteiger partial charge on any atom is 0.276 e. The van der Waals surface area contributed by atoms with Crippen molar-refractivity contribution >= 4 is 11.2 Å². The van der Waals surface area contributed by atoms with Crippen LogP contribution in [0.2, 0.25) is 0 Å². The van der Waals surface area contributed by atoms with Crippen LogP contribution in [0.15, 0.2) is 11.1 Å². The summed E-state index contributed by atoms with van der Waals surface area (Å²) in [6.07, 6.45) is 2.00. The smallest absolute Gasteiger partial charge is 0.276 e. The minimum absolute atomic E-state index is 0.203. The maximum atomic E-state index is 11.3. The summed E-state index contributed by atoms with van der Waals surface area (Å²) in [4.78, 5) is 24.7. The SMILES string of the molecule is NCCc1nc2nc[nH]c2c(=O)[nH]1. The van der Waals surface area contributed by atoms with Crippen molar-refractivity contribution < 1.29 is 0 Å². The van der Waals surface area contributed by atoms with Crippen molar-refractivity contribution in [2.45, 2.75) is 6.42 Å². The molecule has 68 valence electrons. The van der Waals surface area contributed by atoms with Gasteiger partial charge in [-0.3, -0.25) is 4.79 Å². The first kappa shape index (κ1) is 7.93. The van der Waals surface area contributed by atoms with E-state index in [2.05, 4.69) is 19.9 Å². The number of imidazole rings is 1. The zero-order valence-electron chi connectivity index (χ0n) is 6.87. The van der Waals surface area contributed by atoms with E-state index >= 15 is 0 Å². The second-order valence-electron chi connectivity index (χ2n) is 2.65. The quantitative estimate of drug-likeness (QED) is 0.558. The lowest BCUT2D eigenvalue weighted by Gasteiger charge is -1.95. The van der Waals surface area contributed by atoms with Crippen LogP contribution < -0.4 is 11.3 Å². The van der Waals surface area contributed by atoms with Gasteiger partial charge in [0.1, 0.15) is 5.82 Å². The highest BCUT2D eigenvalue weighted by atomic mass is 16.1. The molecule has 2 rings (SSSR count). The molecule has 6 nitrogen and oxygen atoms in total. The van der Waals surface area contributed by atoms with E-state index in [0.29, 0.717) is 30.0 Å². The van der Waals surface area contributed by atoms with Gasteiger partial charge in [-0.2, -0.15) is 0 Å². The van der Waals surface area contributed by atoms with Crippen LogP contribution in [0.25, 0.3) is 11.2 Å². The van der Waals surface area contributed by atoms with Gasteiger partial charge in [0.2, 0.25) is 0 Å². The van der Waals surface area contributed by atoms with Gasteiger partial charge in [-0.25, -0.2) is 9.97 Å². The van der Waals surface area contributed by atoms with E-state index in [0.717, 1.165) is 0 Å². The molecular weight excluding hydrogens is 170 g/mol. The van der Waals surface area contributed by atoms with Crippen LogP contribution >= 0.6 is 0 Å². The fraction of sp³-hybridized carbons (Fsp3) is 0.286. The van der Waals surface area contributed by atoms with Crippen molar-refractivity contribution in [2.75, 3.05) is 6.54 Å². The van der Waals surface area contributed by atoms with Crippen molar-refractivity contribution in [3.63, 3.8) is 0 Å². The van der Waals surface area contributed by atoms with E-state index in [-0.39, 0.29) is 5.56 Å². The molecule has 0 spiro atoms. The molecule has 4 N–H and O–H groups in total. The molecule has 0 amide bonds. The zero-order chi connectivity index (χ0) is 9.26. The van der Waals surface area contributed by atoms with Crippen LogP contribution in [0.4, 0.5) is 0 Å². The highest BCUT2D eigenvalue weighted by Gasteiger charge is 2.04. The fourth-order valence-electron chi connectivity index (χ4n) is 1.14. The van der Waals surface area contributed by atoms with Gasteiger partial charge in [0.15, 0.2) is 11.2 Å². The summed E-state index contributed by atoms with van der Waals surface area (Å²) in [5.41, 5.74) is 5.98. The molecule has 0 saturated heterocycles. The first-order valence-electron chi connectivity index (χ1n) is 3.93. The number of H-pyrrole nitrogens is 2. The second-order valence-corrected chi connectivity index (χ2v) is 2.65. The average molecular weight is 179 g/mol. The molecule has 0 radical (unpaired) electrons. The van der Waals surface area contributed by atoms with Gasteiger partial charge in [0.25, 0.3) is 5.56 Å². The molecule has 0 aliphatic heterocycles. The van der Waals surface area contributed by atoms with E-state index in [9.17, 15) is 4.79 Å². The number of nitrogens with two attached hydrogens (primary N) is 1. The van der Waals surface area contributed by atoms with Crippen molar-refractivity contribution in [1.29, 1.82) is 0 Å². The molecule has 6 heteroatoms. The van der Waals surface area contributed by atoms with E-state index in [1.807, 2.05) is 0 Å². The van der Waals surface area contributed by atoms with E-state index in [1.165, 1.54) is 6.33 Å². The lowest BCUT2D eigenvalue weighted by Crippen LogP contribution is -2.14. The van der Waals surface area contributed by atoms with Gasteiger partial charge in [0, 0.05) is 6.42 Å². The summed E-state index contributed by atoms with van der Waals surface area (Å²) in [7, 11) is 0. The summed E-state index contributed by atoms with van der Waals surface area (Å²) in [5, 5.41) is 0. The maximum absolute atomic E-state index is 11.3. The molecule has 13 heavy (non-hydrogen) atoms. The van der Waals surface area contributed by atoms with Crippen LogP contribution in [0, 0.1) is 0 Å². The highest BCUT2D eigenvalue weighted by Crippen LogP contribution is 1.98. The van der Waals surface area contributed by atoms with Crippen LogP contribution in [0.5, 0.6) is 0 Å². The second kappa shape index (κ2) is 2.98. The molecule has 0 aromatic carbocycles. The van der Waals surface area contributed by atoms with Gasteiger partial charge in [-0.05, 0) is 6.54 Å². The third-order valence-electron chi connectivity index (χ3n) is 1.73. The molecule has 0 unspecified atom stereocenters. The van der Waals surface area contributed by atoms with E-state index in [1.54, 1.807) is 0 Å². The zero-order valence-corrected chi connectivity index (χ0v) is 6.87. The Morgan fingerprint density at radius 2 is 2.38 bits per heavy atom. The Labute approximate surface area is 73.2 Å². The molecule has 0 aliphatic carbocycles. The lowest BCUT2D eigenvalue weighted by atomic mass is 10.4. The van der Waals surface area contributed by atoms with Gasteiger partial charge in [-0.1, -0.05) is 0 Å². The van der Waals surface area contributed by atoms with Crippen LogP contribution in [-0.4, -0.2) is 26.5 Å². The molecule has 2 aromatic rings. The molecule has 2 heterocycles. The van der Waals surface area contributed by atoms with E-state index < -0.39 is 0 Å². The summed E-state index contributed by atoms with van der Waals surface area (Å²) < 4.78 is 0. The molecule has 0 aliphatic rings. The first-order valence-corrected chi connectivity index (χ1v) is 3.93. The third kappa shape index (κ3) is 1.31. The molecule has 0 fully saturated rings. The number of nitrogens with zero attached hydrogens (tertiary/aromatic N) is 2. The average Bonchev–Trinajstić information content (AvgIpc) is 2.53. The Hall–Kier alpha value is -1.69. The standard InChI is InChI=1S/C7H9N5O/c8-2-1-4-11-6-5(7(13)12-4)9-3-10-6/h3H,1-2,8H2,(H2,9,10,11,12,13). The summed E-state index contributed by atoms with van der Waals surface area (Å²) in [6.45, 7) is 0.457. The Kier molecular flexibility index (Phi) is 1.82. The Bertz CT molecular complexity index is 471. The largest absolute Gasteiger partial charge is 0.339 e. The number of aromatic nitrogens is 4. The molecular formula is C7H9N5O. The number of hydrogen-bond acceptors (Lipinski definition) is 4. The van der Waals surface area contributed by atoms with Crippen molar-refractivity contribution in [2.24, 2.45) is 5.73 Å². The van der Waals surface area contributed by atoms with Crippen LogP contribution in [0.1, 0.15) is 5.82 Å².